The van der Waals surface area contributed by atoms with E-state index < -0.39 is 5.43 Å². The summed E-state index contributed by atoms with van der Waals surface area (Å²) in [5, 5.41) is 3.54. The van der Waals surface area contributed by atoms with Crippen molar-refractivity contribution in [2.24, 2.45) is 0 Å². The summed E-state index contributed by atoms with van der Waals surface area (Å²) in [7, 11) is 8.97. The molecule has 0 aliphatic heterocycles. The van der Waals surface area contributed by atoms with Crippen molar-refractivity contribution in [1.82, 2.24) is 0 Å². The number of hydrogen-bond acceptors (Lipinski definition) is 11. The van der Waals surface area contributed by atoms with Crippen LogP contribution >= 0.6 is 11.6 Å². The number of nitrogens with one attached hydrogen (secondary N) is 1. The van der Waals surface area contributed by atoms with E-state index >= 15 is 0 Å². The van der Waals surface area contributed by atoms with Crippen LogP contribution in [0.4, 0.5) is 5.69 Å². The van der Waals surface area contributed by atoms with Gasteiger partial charge in [0, 0.05) is 40.9 Å². The molecule has 0 aliphatic carbocycles. The Hall–Kier alpha value is -6.01. The number of rotatable bonds is 16. The van der Waals surface area contributed by atoms with E-state index in [-0.39, 0.29) is 47.3 Å². The quantitative estimate of drug-likeness (QED) is 0.0792. The molecule has 0 spiro atoms. The SMILES string of the molecule is COc1cc(OC)c2c(=O)c(OCCCOc3ccc(/C=C/C(=O)Nc4ccc(Cl)cc4)cc3OC)c(-c3cc(OC)c(OC)c(OC)c3)oc2c1. The number of carbonyl (C=O) groups excluding carboxylic acids is 1. The number of ether oxygens (including phenoxy) is 8. The van der Waals surface area contributed by atoms with Crippen LogP contribution < -0.4 is 48.6 Å². The average Bonchev–Trinajstić information content (AvgIpc) is 3.17. The van der Waals surface area contributed by atoms with E-state index in [1.165, 1.54) is 48.7 Å². The van der Waals surface area contributed by atoms with Crippen molar-refractivity contribution < 1.29 is 47.1 Å². The first kappa shape index (κ1) is 37.3. The molecular weight excluding hydrogens is 694 g/mol. The number of fused-ring (bicyclic) bond motifs is 1. The van der Waals surface area contributed by atoms with Crippen LogP contribution in [0.3, 0.4) is 0 Å². The van der Waals surface area contributed by atoms with Gasteiger partial charge < -0.3 is 47.6 Å². The highest BCUT2D eigenvalue weighted by Gasteiger charge is 2.24. The molecule has 5 rings (SSSR count). The third-order valence-corrected chi connectivity index (χ3v) is 8.04. The number of carbonyl (C=O) groups is 1. The molecule has 1 aromatic heterocycles. The highest BCUT2D eigenvalue weighted by molar-refractivity contribution is 6.30. The minimum atomic E-state index is -0.447. The maximum absolute atomic E-state index is 14.1. The van der Waals surface area contributed by atoms with Crippen LogP contribution in [-0.4, -0.2) is 61.8 Å². The van der Waals surface area contributed by atoms with E-state index in [9.17, 15) is 9.59 Å². The molecule has 0 saturated carbocycles. The predicted molar refractivity (Wildman–Crippen MR) is 198 cm³/mol. The maximum Gasteiger partial charge on any atom is 0.248 e. The normalized spacial score (nSPS) is 10.9. The van der Waals surface area contributed by atoms with Crippen molar-refractivity contribution in [3.05, 3.63) is 93.6 Å². The Morgan fingerprint density at radius 3 is 2.02 bits per heavy atom. The summed E-state index contributed by atoms with van der Waals surface area (Å²) in [5.41, 5.74) is 1.59. The van der Waals surface area contributed by atoms with E-state index in [0.717, 1.165) is 5.56 Å². The van der Waals surface area contributed by atoms with Gasteiger partial charge in [-0.05, 0) is 60.2 Å². The van der Waals surface area contributed by atoms with Gasteiger partial charge in [-0.3, -0.25) is 9.59 Å². The standard InChI is InChI=1S/C39H38ClNO11/c1-44-27-21-30(46-3)35-31(22-27)52-37(24-19-32(47-4)38(49-6)33(20-24)48-5)39(36(35)43)51-17-7-16-50-28-14-8-23(18-29(28)45-2)9-15-34(42)41-26-12-10-25(40)11-13-26/h8-15,18-22H,7,16-17H2,1-6H3,(H,41,42)/b15-9+. The minimum Gasteiger partial charge on any atom is -0.496 e. The second kappa shape index (κ2) is 17.3. The van der Waals surface area contributed by atoms with Gasteiger partial charge in [-0.25, -0.2) is 0 Å². The summed E-state index contributed by atoms with van der Waals surface area (Å²) >= 11 is 5.91. The Balaban J connectivity index is 1.33. The zero-order valence-electron chi connectivity index (χ0n) is 29.5. The molecule has 1 heterocycles. The van der Waals surface area contributed by atoms with Crippen molar-refractivity contribution in [2.75, 3.05) is 61.2 Å². The first-order chi connectivity index (χ1) is 25.2. The van der Waals surface area contributed by atoms with E-state index in [1.807, 2.05) is 0 Å². The number of halogens is 1. The average molecular weight is 732 g/mol. The Labute approximate surface area is 305 Å². The number of benzene rings is 4. The van der Waals surface area contributed by atoms with Gasteiger partial charge in [-0.2, -0.15) is 0 Å². The molecule has 12 nitrogen and oxygen atoms in total. The summed E-state index contributed by atoms with van der Waals surface area (Å²) < 4.78 is 51.5. The smallest absolute Gasteiger partial charge is 0.248 e. The molecule has 1 N–H and O–H groups in total. The molecule has 0 aliphatic rings. The molecule has 4 aromatic carbocycles. The van der Waals surface area contributed by atoms with Crippen molar-refractivity contribution in [3.8, 4) is 57.3 Å². The molecule has 0 atom stereocenters. The topological polar surface area (TPSA) is 133 Å². The molecule has 272 valence electrons. The Bertz CT molecular complexity index is 2100. The summed E-state index contributed by atoms with van der Waals surface area (Å²) in [6.07, 6.45) is 3.47. The summed E-state index contributed by atoms with van der Waals surface area (Å²) in [6.45, 7) is 0.325. The number of anilines is 1. The Kier molecular flexibility index (Phi) is 12.4. The van der Waals surface area contributed by atoms with Gasteiger partial charge in [0.25, 0.3) is 0 Å². The lowest BCUT2D eigenvalue weighted by atomic mass is 10.1. The highest BCUT2D eigenvalue weighted by atomic mass is 35.5. The van der Waals surface area contributed by atoms with Crippen LogP contribution in [0.15, 0.2) is 82.0 Å². The molecule has 0 radical (unpaired) electrons. The largest absolute Gasteiger partial charge is 0.496 e. The predicted octanol–water partition coefficient (Wildman–Crippen LogP) is 7.66. The number of hydrogen-bond donors (Lipinski definition) is 1. The molecule has 13 heteroatoms. The van der Waals surface area contributed by atoms with Crippen LogP contribution in [0.2, 0.25) is 5.02 Å². The molecule has 0 unspecified atom stereocenters. The van der Waals surface area contributed by atoms with Crippen LogP contribution in [0.5, 0.6) is 46.0 Å². The lowest BCUT2D eigenvalue weighted by Gasteiger charge is -2.17. The second-order valence-corrected chi connectivity index (χ2v) is 11.4. The van der Waals surface area contributed by atoms with Crippen LogP contribution in [-0.2, 0) is 4.79 Å². The molecule has 0 saturated heterocycles. The van der Waals surface area contributed by atoms with Gasteiger partial charge in [-0.1, -0.05) is 17.7 Å². The fraction of sp³-hybridized carbons (Fsp3) is 0.231. The van der Waals surface area contributed by atoms with E-state index in [2.05, 4.69) is 5.32 Å². The van der Waals surface area contributed by atoms with Crippen LogP contribution in [0.25, 0.3) is 28.4 Å². The molecule has 1 amide bonds. The second-order valence-electron chi connectivity index (χ2n) is 11.0. The van der Waals surface area contributed by atoms with E-state index in [0.29, 0.717) is 57.2 Å². The lowest BCUT2D eigenvalue weighted by molar-refractivity contribution is -0.111. The van der Waals surface area contributed by atoms with E-state index in [4.69, 9.17) is 53.9 Å². The molecule has 5 aromatic rings. The fourth-order valence-electron chi connectivity index (χ4n) is 5.27. The van der Waals surface area contributed by atoms with Crippen molar-refractivity contribution in [1.29, 1.82) is 0 Å². The van der Waals surface area contributed by atoms with Gasteiger partial charge in [0.1, 0.15) is 22.5 Å². The maximum atomic E-state index is 14.1. The number of amides is 1. The third kappa shape index (κ3) is 8.47. The molecule has 0 fully saturated rings. The summed E-state index contributed by atoms with van der Waals surface area (Å²) in [6, 6.07) is 18.6. The minimum absolute atomic E-state index is 0.0425. The monoisotopic (exact) mass is 731 g/mol. The van der Waals surface area contributed by atoms with Crippen LogP contribution in [0.1, 0.15) is 12.0 Å². The fourth-order valence-corrected chi connectivity index (χ4v) is 5.39. The summed E-state index contributed by atoms with van der Waals surface area (Å²) in [4.78, 5) is 26.4. The summed E-state index contributed by atoms with van der Waals surface area (Å²) in [5.74, 6) is 2.56. The van der Waals surface area contributed by atoms with Crippen molar-refractivity contribution in [3.63, 3.8) is 0 Å². The first-order valence-corrected chi connectivity index (χ1v) is 16.3. The van der Waals surface area contributed by atoms with Gasteiger partial charge in [0.2, 0.25) is 22.8 Å². The van der Waals surface area contributed by atoms with Crippen molar-refractivity contribution >= 4 is 40.2 Å². The first-order valence-electron chi connectivity index (χ1n) is 15.9. The van der Waals surface area contributed by atoms with Crippen LogP contribution in [0, 0.1) is 0 Å². The molecule has 0 bridgehead atoms. The van der Waals surface area contributed by atoms with Gasteiger partial charge in [0.15, 0.2) is 28.8 Å². The Morgan fingerprint density at radius 2 is 1.38 bits per heavy atom. The zero-order chi connectivity index (χ0) is 37.2. The van der Waals surface area contributed by atoms with Gasteiger partial charge >= 0.3 is 0 Å². The molecule has 52 heavy (non-hydrogen) atoms. The zero-order valence-corrected chi connectivity index (χ0v) is 30.3. The third-order valence-electron chi connectivity index (χ3n) is 7.79. The van der Waals surface area contributed by atoms with Crippen molar-refractivity contribution in [2.45, 2.75) is 6.42 Å². The van der Waals surface area contributed by atoms with E-state index in [1.54, 1.807) is 72.8 Å². The Morgan fingerprint density at radius 1 is 0.712 bits per heavy atom. The van der Waals surface area contributed by atoms with Gasteiger partial charge in [0.05, 0.1) is 55.9 Å². The van der Waals surface area contributed by atoms with Gasteiger partial charge in [-0.15, -0.1) is 0 Å². The molecular formula is C39H38ClNO11. The number of methoxy groups -OCH3 is 6. The lowest BCUT2D eigenvalue weighted by Crippen LogP contribution is -2.14. The highest BCUT2D eigenvalue weighted by Crippen LogP contribution is 2.44.